The molecule has 1 atom stereocenters. The van der Waals surface area contributed by atoms with E-state index in [0.29, 0.717) is 12.5 Å². The van der Waals surface area contributed by atoms with Gasteiger partial charge in [-0.3, -0.25) is 9.78 Å². The fourth-order valence-corrected chi connectivity index (χ4v) is 3.00. The Labute approximate surface area is 148 Å². The number of aromatic amines is 1. The van der Waals surface area contributed by atoms with E-state index in [4.69, 9.17) is 9.47 Å². The molecule has 1 aliphatic rings. The highest BCUT2D eigenvalue weighted by molar-refractivity contribution is 5.19. The van der Waals surface area contributed by atoms with Crippen molar-refractivity contribution in [1.29, 1.82) is 0 Å². The van der Waals surface area contributed by atoms with Crippen molar-refractivity contribution in [3.63, 3.8) is 0 Å². The fourth-order valence-electron chi connectivity index (χ4n) is 3.00. The minimum atomic E-state index is -0.0345. The molecule has 0 saturated carbocycles. The summed E-state index contributed by atoms with van der Waals surface area (Å²) in [5.41, 5.74) is 3.11. The Kier molecular flexibility index (Phi) is 6.23. The molecule has 1 aliphatic heterocycles. The summed E-state index contributed by atoms with van der Waals surface area (Å²) in [5, 5.41) is 0. The Morgan fingerprint density at radius 2 is 2.20 bits per heavy atom. The number of ether oxygens (including phenoxy) is 2. The van der Waals surface area contributed by atoms with Crippen molar-refractivity contribution >= 4 is 0 Å². The lowest BCUT2D eigenvalue weighted by molar-refractivity contribution is -0.0120. The lowest BCUT2D eigenvalue weighted by Crippen LogP contribution is -2.26. The molecular weight excluding hydrogens is 316 g/mol. The van der Waals surface area contributed by atoms with E-state index in [9.17, 15) is 4.79 Å². The summed E-state index contributed by atoms with van der Waals surface area (Å²) < 4.78 is 11.4. The van der Waals surface area contributed by atoms with Gasteiger partial charge in [0, 0.05) is 36.3 Å². The zero-order chi connectivity index (χ0) is 17.5. The fraction of sp³-hybridized carbons (Fsp3) is 0.500. The van der Waals surface area contributed by atoms with Gasteiger partial charge >= 0.3 is 0 Å². The average molecular weight is 342 g/mol. The third kappa shape index (κ3) is 5.43. The summed E-state index contributed by atoms with van der Waals surface area (Å²) in [6.07, 6.45) is 7.89. The Bertz CT molecular complexity index is 718. The van der Waals surface area contributed by atoms with Gasteiger partial charge in [-0.25, -0.2) is 0 Å². The highest BCUT2D eigenvalue weighted by Crippen LogP contribution is 2.14. The van der Waals surface area contributed by atoms with E-state index >= 15 is 0 Å². The van der Waals surface area contributed by atoms with E-state index in [1.165, 1.54) is 18.1 Å². The van der Waals surface area contributed by atoms with Crippen molar-refractivity contribution in [1.82, 2.24) is 9.97 Å². The molecule has 134 valence electrons. The van der Waals surface area contributed by atoms with Gasteiger partial charge in [0.1, 0.15) is 6.61 Å². The molecule has 1 saturated heterocycles. The molecule has 3 heterocycles. The first-order chi connectivity index (χ1) is 12.2. The molecule has 0 amide bonds. The number of aryl methyl sites for hydroxylation is 3. The maximum Gasteiger partial charge on any atom is 0.194 e. The third-order valence-corrected chi connectivity index (χ3v) is 4.50. The molecule has 5 nitrogen and oxygen atoms in total. The van der Waals surface area contributed by atoms with Crippen LogP contribution in [0.2, 0.25) is 0 Å². The Morgan fingerprint density at radius 3 is 2.92 bits per heavy atom. The van der Waals surface area contributed by atoms with Crippen LogP contribution in [0.15, 0.2) is 35.3 Å². The van der Waals surface area contributed by atoms with Gasteiger partial charge in [-0.15, -0.1) is 0 Å². The number of nitrogens with one attached hydrogen (secondary N) is 1. The van der Waals surface area contributed by atoms with Crippen molar-refractivity contribution in [2.45, 2.75) is 51.6 Å². The number of hydrogen-bond donors (Lipinski definition) is 1. The van der Waals surface area contributed by atoms with E-state index in [1.54, 1.807) is 6.07 Å². The van der Waals surface area contributed by atoms with Crippen LogP contribution in [0.1, 0.15) is 43.1 Å². The molecule has 1 fully saturated rings. The van der Waals surface area contributed by atoms with Crippen molar-refractivity contribution in [3.05, 3.63) is 57.6 Å². The SMILES string of the molecule is CCc1ccc(CCc2cc(=O)cc(OCC3CCCCO3)[nH]2)cn1. The van der Waals surface area contributed by atoms with Gasteiger partial charge in [0.2, 0.25) is 0 Å². The number of nitrogens with zero attached hydrogens (tertiary/aromatic N) is 1. The molecular formula is C20H26N2O3. The predicted octanol–water partition coefficient (Wildman–Crippen LogP) is 3.07. The normalized spacial score (nSPS) is 17.4. The average Bonchev–Trinajstić information content (AvgIpc) is 2.66. The van der Waals surface area contributed by atoms with Crippen LogP contribution in [0, 0.1) is 0 Å². The Morgan fingerprint density at radius 1 is 1.28 bits per heavy atom. The van der Waals surface area contributed by atoms with Crippen LogP contribution in [-0.4, -0.2) is 29.3 Å². The van der Waals surface area contributed by atoms with Crippen molar-refractivity contribution in [3.8, 4) is 5.88 Å². The van der Waals surface area contributed by atoms with E-state index in [2.05, 4.69) is 29.0 Å². The van der Waals surface area contributed by atoms with Gasteiger partial charge in [-0.05, 0) is 50.2 Å². The second-order valence-electron chi connectivity index (χ2n) is 6.52. The molecule has 25 heavy (non-hydrogen) atoms. The van der Waals surface area contributed by atoms with Crippen molar-refractivity contribution in [2.75, 3.05) is 13.2 Å². The summed E-state index contributed by atoms with van der Waals surface area (Å²) in [6.45, 7) is 3.38. The minimum Gasteiger partial charge on any atom is -0.476 e. The van der Waals surface area contributed by atoms with Crippen LogP contribution in [-0.2, 0) is 24.0 Å². The molecule has 2 aromatic rings. The van der Waals surface area contributed by atoms with E-state index in [-0.39, 0.29) is 11.5 Å². The number of hydrogen-bond acceptors (Lipinski definition) is 4. The van der Waals surface area contributed by atoms with Crippen LogP contribution in [0.4, 0.5) is 0 Å². The molecule has 2 aromatic heterocycles. The third-order valence-electron chi connectivity index (χ3n) is 4.50. The van der Waals surface area contributed by atoms with Crippen LogP contribution < -0.4 is 10.2 Å². The molecule has 1 unspecified atom stereocenters. The molecule has 0 bridgehead atoms. The van der Waals surface area contributed by atoms with Gasteiger partial charge in [0.25, 0.3) is 0 Å². The van der Waals surface area contributed by atoms with Crippen molar-refractivity contribution < 1.29 is 9.47 Å². The molecule has 3 rings (SSSR count). The highest BCUT2D eigenvalue weighted by atomic mass is 16.5. The maximum absolute atomic E-state index is 11.9. The molecule has 0 aromatic carbocycles. The standard InChI is InChI=1S/C20H26N2O3/c1-2-16-8-6-15(13-21-16)7-9-17-11-18(23)12-20(22-17)25-14-19-5-3-4-10-24-19/h6,8,11-13,19H,2-5,7,9-10,14H2,1H3,(H,22,23). The lowest BCUT2D eigenvalue weighted by atomic mass is 10.1. The van der Waals surface area contributed by atoms with Gasteiger partial charge < -0.3 is 14.5 Å². The molecule has 0 radical (unpaired) electrons. The van der Waals surface area contributed by atoms with Gasteiger partial charge in [-0.2, -0.15) is 0 Å². The Balaban J connectivity index is 1.57. The number of rotatable bonds is 7. The molecule has 5 heteroatoms. The van der Waals surface area contributed by atoms with E-state index in [1.807, 2.05) is 6.20 Å². The van der Waals surface area contributed by atoms with Gasteiger partial charge in [0.05, 0.1) is 6.10 Å². The zero-order valence-corrected chi connectivity index (χ0v) is 14.8. The zero-order valence-electron chi connectivity index (χ0n) is 14.8. The first kappa shape index (κ1) is 17.7. The minimum absolute atomic E-state index is 0.0345. The second kappa shape index (κ2) is 8.81. The van der Waals surface area contributed by atoms with Gasteiger partial charge in [-0.1, -0.05) is 13.0 Å². The highest BCUT2D eigenvalue weighted by Gasteiger charge is 2.14. The summed E-state index contributed by atoms with van der Waals surface area (Å²) in [7, 11) is 0. The summed E-state index contributed by atoms with van der Waals surface area (Å²) in [6, 6.07) is 7.30. The number of pyridine rings is 2. The van der Waals surface area contributed by atoms with Crippen LogP contribution in [0.25, 0.3) is 0 Å². The monoisotopic (exact) mass is 342 g/mol. The molecule has 1 N–H and O–H groups in total. The summed E-state index contributed by atoms with van der Waals surface area (Å²) >= 11 is 0. The van der Waals surface area contributed by atoms with Gasteiger partial charge in [0.15, 0.2) is 11.3 Å². The molecule has 0 aliphatic carbocycles. The number of H-pyrrole nitrogens is 1. The van der Waals surface area contributed by atoms with E-state index in [0.717, 1.165) is 50.1 Å². The predicted molar refractivity (Wildman–Crippen MR) is 97.2 cm³/mol. The lowest BCUT2D eigenvalue weighted by Gasteiger charge is -2.22. The van der Waals surface area contributed by atoms with Crippen molar-refractivity contribution in [2.24, 2.45) is 0 Å². The molecule has 0 spiro atoms. The smallest absolute Gasteiger partial charge is 0.194 e. The summed E-state index contributed by atoms with van der Waals surface area (Å²) in [4.78, 5) is 19.5. The van der Waals surface area contributed by atoms with E-state index < -0.39 is 0 Å². The van der Waals surface area contributed by atoms with Crippen LogP contribution >= 0.6 is 0 Å². The second-order valence-corrected chi connectivity index (χ2v) is 6.52. The maximum atomic E-state index is 11.9. The quantitative estimate of drug-likeness (QED) is 0.840. The number of aromatic nitrogens is 2. The largest absolute Gasteiger partial charge is 0.476 e. The topological polar surface area (TPSA) is 64.2 Å². The Hall–Kier alpha value is -2.14. The van der Waals surface area contributed by atoms with Crippen LogP contribution in [0.3, 0.4) is 0 Å². The first-order valence-electron chi connectivity index (χ1n) is 9.14. The van der Waals surface area contributed by atoms with Crippen LogP contribution in [0.5, 0.6) is 5.88 Å². The summed E-state index contributed by atoms with van der Waals surface area (Å²) in [5.74, 6) is 0.524. The first-order valence-corrected chi connectivity index (χ1v) is 9.14.